The van der Waals surface area contributed by atoms with Gasteiger partial charge in [0, 0.05) is 54.9 Å². The van der Waals surface area contributed by atoms with Crippen LogP contribution in [0, 0.1) is 31.1 Å². The lowest BCUT2D eigenvalue weighted by molar-refractivity contribution is 0.305. The minimum Gasteiger partial charge on any atom is -0.494 e. The zero-order valence-electron chi connectivity index (χ0n) is 49.9. The Hall–Kier alpha value is -8.05. The lowest BCUT2D eigenvalue weighted by atomic mass is 9.87. The number of aromatic nitrogens is 3. The summed E-state index contributed by atoms with van der Waals surface area (Å²) in [5.41, 5.74) is 20.9. The number of fused-ring (bicyclic) bond motifs is 2. The van der Waals surface area contributed by atoms with E-state index >= 15 is 0 Å². The molecule has 0 amide bonds. The van der Waals surface area contributed by atoms with Crippen LogP contribution in [0.15, 0.2) is 169 Å². The van der Waals surface area contributed by atoms with Crippen LogP contribution in [0.25, 0.3) is 100 Å². The summed E-state index contributed by atoms with van der Waals surface area (Å²) in [6, 6.07) is 59.4. The Morgan fingerprint density at radius 1 is 0.590 bits per heavy atom. The molecule has 10 rings (SSSR count). The number of nitrogens with zero attached hydrogens (tertiary/aromatic N) is 4. The van der Waals surface area contributed by atoms with Crippen molar-refractivity contribution in [2.75, 3.05) is 13.2 Å². The summed E-state index contributed by atoms with van der Waals surface area (Å²) in [6.45, 7) is 16.8. The highest BCUT2D eigenvalue weighted by molar-refractivity contribution is 7.16. The molecule has 0 aliphatic carbocycles. The summed E-state index contributed by atoms with van der Waals surface area (Å²) in [4.78, 5) is 13.8. The third kappa shape index (κ3) is 13.4. The number of hydrogen-bond donors (Lipinski definition) is 0. The first kappa shape index (κ1) is 58.2. The molecule has 0 saturated carbocycles. The molecule has 0 N–H and O–H groups in total. The molecule has 4 aromatic heterocycles. The molecule has 0 radical (unpaired) electrons. The average molecular weight is 1110 g/mol. The second-order valence-corrected chi connectivity index (χ2v) is 23.6. The standard InChI is InChI=1S/C76H80N4O2S/c1-8-12-15-23-44-81-61-35-38-63(54(7)48-61)56-31-33-57(34-32-56)71-67(49-55(11-4)25-14-10-3)68-50-60(64-37-30-52(5)47-69(64)82-45-24-16-13-9-2)42-43-80(68)76(71)66-40-39-65(70-41-36-62(83-70)46-53(6)51-77)74-75(66)79-73(59-28-21-18-22-29-59)72(78-74)58-26-19-17-20-27-58/h17-22,26-43,46-48,50,55H,8-16,23-25,44-45,49H2,1-7H3/b53-46-. The number of aryl methyl sites for hydroxylation is 2. The van der Waals surface area contributed by atoms with Gasteiger partial charge in [0.15, 0.2) is 0 Å². The zero-order valence-corrected chi connectivity index (χ0v) is 50.7. The Morgan fingerprint density at radius 3 is 1.87 bits per heavy atom. The van der Waals surface area contributed by atoms with Crippen molar-refractivity contribution >= 4 is 34.0 Å². The second-order valence-electron chi connectivity index (χ2n) is 22.5. The van der Waals surface area contributed by atoms with Crippen LogP contribution in [0.2, 0.25) is 0 Å². The number of pyridine rings is 1. The molecule has 1 unspecified atom stereocenters. The molecule has 6 nitrogen and oxygen atoms in total. The van der Waals surface area contributed by atoms with Crippen molar-refractivity contribution in [3.8, 4) is 95.2 Å². The van der Waals surface area contributed by atoms with Gasteiger partial charge in [-0.1, -0.05) is 201 Å². The van der Waals surface area contributed by atoms with E-state index in [2.05, 4.69) is 216 Å². The van der Waals surface area contributed by atoms with E-state index in [0.29, 0.717) is 18.1 Å². The van der Waals surface area contributed by atoms with Gasteiger partial charge in [0.2, 0.25) is 0 Å². The molecule has 4 heterocycles. The highest BCUT2D eigenvalue weighted by Crippen LogP contribution is 2.48. The van der Waals surface area contributed by atoms with Gasteiger partial charge >= 0.3 is 0 Å². The second kappa shape index (κ2) is 27.8. The van der Waals surface area contributed by atoms with E-state index in [1.54, 1.807) is 11.3 Å². The van der Waals surface area contributed by atoms with Gasteiger partial charge in [0.1, 0.15) is 11.5 Å². The van der Waals surface area contributed by atoms with Crippen molar-refractivity contribution in [2.24, 2.45) is 5.92 Å². The summed E-state index contributed by atoms with van der Waals surface area (Å²) < 4.78 is 15.4. The van der Waals surface area contributed by atoms with E-state index in [1.807, 2.05) is 13.0 Å². The average Bonchev–Trinajstić information content (AvgIpc) is 2.41. The van der Waals surface area contributed by atoms with E-state index in [-0.39, 0.29) is 0 Å². The van der Waals surface area contributed by atoms with E-state index in [9.17, 15) is 5.26 Å². The number of hydrogen-bond acceptors (Lipinski definition) is 6. The third-order valence-corrected chi connectivity index (χ3v) is 17.4. The lowest BCUT2D eigenvalue weighted by Gasteiger charge is -2.18. The molecule has 83 heavy (non-hydrogen) atoms. The van der Waals surface area contributed by atoms with Gasteiger partial charge in [-0.2, -0.15) is 5.26 Å². The quantitative estimate of drug-likeness (QED) is 0.0399. The number of unbranched alkanes of at least 4 members (excludes halogenated alkanes) is 7. The topological polar surface area (TPSA) is 72.4 Å². The van der Waals surface area contributed by atoms with Gasteiger partial charge in [0.25, 0.3) is 0 Å². The van der Waals surface area contributed by atoms with Crippen molar-refractivity contribution < 1.29 is 9.47 Å². The van der Waals surface area contributed by atoms with Crippen LogP contribution in [0.5, 0.6) is 11.5 Å². The molecule has 422 valence electrons. The van der Waals surface area contributed by atoms with E-state index in [0.717, 1.165) is 140 Å². The number of rotatable bonds is 26. The molecular formula is C76H80N4O2S. The summed E-state index contributed by atoms with van der Waals surface area (Å²) >= 11 is 1.67. The third-order valence-electron chi connectivity index (χ3n) is 16.3. The number of allylic oxidation sites excluding steroid dienone is 1. The van der Waals surface area contributed by atoms with Crippen molar-refractivity contribution in [3.05, 3.63) is 191 Å². The summed E-state index contributed by atoms with van der Waals surface area (Å²) in [5, 5.41) is 9.78. The lowest BCUT2D eigenvalue weighted by Crippen LogP contribution is -2.04. The Kier molecular flexibility index (Phi) is 19.5. The molecule has 7 heteroatoms. The Bertz CT molecular complexity index is 3880. The van der Waals surface area contributed by atoms with Gasteiger partial charge in [-0.15, -0.1) is 11.3 Å². The van der Waals surface area contributed by atoms with Crippen molar-refractivity contribution in [1.82, 2.24) is 14.4 Å². The predicted octanol–water partition coefficient (Wildman–Crippen LogP) is 21.8. The van der Waals surface area contributed by atoms with Crippen LogP contribution in [-0.4, -0.2) is 27.6 Å². The van der Waals surface area contributed by atoms with Crippen molar-refractivity contribution in [1.29, 1.82) is 5.26 Å². The molecule has 0 saturated heterocycles. The summed E-state index contributed by atoms with van der Waals surface area (Å²) in [6.07, 6.45) is 19.1. The predicted molar refractivity (Wildman–Crippen MR) is 351 cm³/mol. The van der Waals surface area contributed by atoms with E-state index < -0.39 is 0 Å². The molecular weight excluding hydrogens is 1030 g/mol. The van der Waals surface area contributed by atoms with Crippen LogP contribution < -0.4 is 9.47 Å². The van der Waals surface area contributed by atoms with Crippen LogP contribution in [0.3, 0.4) is 0 Å². The van der Waals surface area contributed by atoms with Crippen LogP contribution in [-0.2, 0) is 6.42 Å². The molecule has 0 fully saturated rings. The SMILES string of the molecule is CCCCCCOc1ccc(-c2ccc(-c3c(CC(CC)CCCC)c4cc(-c5ccc(C)cc5OCCCCCC)ccn4c3-c3ccc(-c4ccc(/C=C(/C)C#N)s4)c4nc(-c5ccccc5)c(-c5ccccc5)nc34)cc2)c(C)c1. The van der Waals surface area contributed by atoms with Crippen LogP contribution in [0.4, 0.5) is 0 Å². The molecule has 1 atom stereocenters. The Labute approximate surface area is 497 Å². The largest absolute Gasteiger partial charge is 0.494 e. The van der Waals surface area contributed by atoms with Gasteiger partial charge in [-0.3, -0.25) is 0 Å². The number of ether oxygens (including phenoxy) is 2. The Morgan fingerprint density at radius 2 is 1.22 bits per heavy atom. The molecule has 0 spiro atoms. The van der Waals surface area contributed by atoms with Crippen LogP contribution >= 0.6 is 11.3 Å². The van der Waals surface area contributed by atoms with Gasteiger partial charge < -0.3 is 13.9 Å². The van der Waals surface area contributed by atoms with Gasteiger partial charge in [0.05, 0.1) is 52.9 Å². The molecule has 10 aromatic rings. The van der Waals surface area contributed by atoms with Crippen molar-refractivity contribution in [2.45, 2.75) is 132 Å². The maximum Gasteiger partial charge on any atom is 0.127 e. The minimum absolute atomic E-state index is 0.468. The summed E-state index contributed by atoms with van der Waals surface area (Å²) in [5.74, 6) is 2.33. The fourth-order valence-electron chi connectivity index (χ4n) is 11.7. The fourth-order valence-corrected chi connectivity index (χ4v) is 12.8. The molecule has 0 aliphatic rings. The minimum atomic E-state index is 0.468. The van der Waals surface area contributed by atoms with Gasteiger partial charge in [-0.05, 0) is 140 Å². The van der Waals surface area contributed by atoms with Gasteiger partial charge in [-0.25, -0.2) is 9.97 Å². The fraction of sp³-hybridized carbons (Fsp3) is 0.303. The van der Waals surface area contributed by atoms with Crippen LogP contribution in [0.1, 0.15) is 133 Å². The number of thiophene rings is 1. The normalized spacial score (nSPS) is 12.0. The molecule has 0 aliphatic heterocycles. The maximum atomic E-state index is 9.78. The number of nitriles is 1. The maximum absolute atomic E-state index is 9.78. The monoisotopic (exact) mass is 1110 g/mol. The highest BCUT2D eigenvalue weighted by atomic mass is 32.1. The van der Waals surface area contributed by atoms with Crippen molar-refractivity contribution in [3.63, 3.8) is 0 Å². The summed E-state index contributed by atoms with van der Waals surface area (Å²) in [7, 11) is 0. The Balaban J connectivity index is 1.25. The number of benzene rings is 6. The highest BCUT2D eigenvalue weighted by Gasteiger charge is 2.28. The zero-order chi connectivity index (χ0) is 57.7. The first-order valence-electron chi connectivity index (χ1n) is 30.6. The van der Waals surface area contributed by atoms with E-state index in [1.165, 1.54) is 77.4 Å². The first-order valence-corrected chi connectivity index (χ1v) is 31.4. The molecule has 6 aromatic carbocycles. The van der Waals surface area contributed by atoms with E-state index in [4.69, 9.17) is 19.4 Å². The first-order chi connectivity index (χ1) is 40.7. The smallest absolute Gasteiger partial charge is 0.127 e. The molecule has 0 bridgehead atoms.